The van der Waals surface area contributed by atoms with Crippen LogP contribution in [0.25, 0.3) is 0 Å². The van der Waals surface area contributed by atoms with Gasteiger partial charge in [0.05, 0.1) is 0 Å². The second-order valence-electron chi connectivity index (χ2n) is 5.26. The molecule has 0 N–H and O–H groups in total. The molecule has 80 valence electrons. The summed E-state index contributed by atoms with van der Waals surface area (Å²) in [6.45, 7) is 4.02. The fourth-order valence-corrected chi connectivity index (χ4v) is 3.60. The molecule has 0 bridgehead atoms. The zero-order valence-corrected chi connectivity index (χ0v) is 9.39. The molecule has 2 fully saturated rings. The van der Waals surface area contributed by atoms with Crippen LogP contribution in [-0.2, 0) is 0 Å². The maximum atomic E-state index is 13.9. The van der Waals surface area contributed by atoms with Crippen molar-refractivity contribution in [3.8, 4) is 0 Å². The Bertz CT molecular complexity index is 375. The number of hydrogen-bond acceptors (Lipinski definition) is 0. The summed E-state index contributed by atoms with van der Waals surface area (Å²) in [5.74, 6) is 2.20. The van der Waals surface area contributed by atoms with Crippen LogP contribution < -0.4 is 0 Å². The molecule has 2 aliphatic rings. The van der Waals surface area contributed by atoms with Crippen LogP contribution in [0.4, 0.5) is 4.39 Å². The van der Waals surface area contributed by atoms with Crippen LogP contribution in [0.5, 0.6) is 0 Å². The molecule has 0 aliphatic heterocycles. The quantitative estimate of drug-likeness (QED) is 0.649. The van der Waals surface area contributed by atoms with E-state index in [9.17, 15) is 4.39 Å². The highest BCUT2D eigenvalue weighted by Gasteiger charge is 2.54. The van der Waals surface area contributed by atoms with Crippen molar-refractivity contribution in [2.75, 3.05) is 0 Å². The lowest BCUT2D eigenvalue weighted by atomic mass is 9.96. The monoisotopic (exact) mass is 204 g/mol. The van der Waals surface area contributed by atoms with E-state index < -0.39 is 0 Å². The third-order valence-electron chi connectivity index (χ3n) is 4.22. The van der Waals surface area contributed by atoms with Crippen molar-refractivity contribution < 1.29 is 4.39 Å². The molecule has 2 saturated carbocycles. The fourth-order valence-electron chi connectivity index (χ4n) is 3.60. The van der Waals surface area contributed by atoms with Crippen molar-refractivity contribution in [3.63, 3.8) is 0 Å². The van der Waals surface area contributed by atoms with Gasteiger partial charge in [-0.05, 0) is 67.2 Å². The van der Waals surface area contributed by atoms with Crippen LogP contribution in [0.15, 0.2) is 12.1 Å². The standard InChI is InChI=1S/C14H17F/c1-8-6-9(2)13(12(15)7-8)14-10-4-3-5-11(10)14/h6-7,10-11,14H,3-5H2,1-2H3. The van der Waals surface area contributed by atoms with Crippen molar-refractivity contribution in [3.05, 3.63) is 34.6 Å². The largest absolute Gasteiger partial charge is 0.207 e. The zero-order chi connectivity index (χ0) is 10.6. The SMILES string of the molecule is Cc1cc(C)c(C2C3CCCC32)c(F)c1. The highest BCUT2D eigenvalue weighted by atomic mass is 19.1. The Morgan fingerprint density at radius 3 is 2.40 bits per heavy atom. The number of fused-ring (bicyclic) bond motifs is 1. The van der Waals surface area contributed by atoms with Gasteiger partial charge in [0.15, 0.2) is 0 Å². The van der Waals surface area contributed by atoms with E-state index in [1.54, 1.807) is 6.07 Å². The molecule has 0 radical (unpaired) electrons. The first-order valence-electron chi connectivity index (χ1n) is 5.95. The Hall–Kier alpha value is -0.850. The van der Waals surface area contributed by atoms with Crippen molar-refractivity contribution in [2.24, 2.45) is 11.8 Å². The predicted molar refractivity (Wildman–Crippen MR) is 59.4 cm³/mol. The highest BCUT2D eigenvalue weighted by Crippen LogP contribution is 2.63. The molecular weight excluding hydrogens is 187 g/mol. The molecule has 3 rings (SSSR count). The summed E-state index contributed by atoms with van der Waals surface area (Å²) in [6.07, 6.45) is 4.00. The van der Waals surface area contributed by atoms with E-state index in [1.165, 1.54) is 19.3 Å². The summed E-state index contributed by atoms with van der Waals surface area (Å²) >= 11 is 0. The first-order chi connectivity index (χ1) is 7.18. The molecule has 0 saturated heterocycles. The Kier molecular flexibility index (Phi) is 1.92. The summed E-state index contributed by atoms with van der Waals surface area (Å²) in [5, 5.41) is 0. The molecule has 2 atom stereocenters. The predicted octanol–water partition coefficient (Wildman–Crippen LogP) is 3.96. The van der Waals surface area contributed by atoms with Gasteiger partial charge in [0.1, 0.15) is 5.82 Å². The number of benzene rings is 1. The normalized spacial score (nSPS) is 32.9. The maximum Gasteiger partial charge on any atom is 0.127 e. The molecule has 0 nitrogen and oxygen atoms in total. The molecule has 0 heterocycles. The van der Waals surface area contributed by atoms with Crippen LogP contribution in [0, 0.1) is 31.5 Å². The third-order valence-corrected chi connectivity index (χ3v) is 4.22. The van der Waals surface area contributed by atoms with E-state index in [4.69, 9.17) is 0 Å². The lowest BCUT2D eigenvalue weighted by molar-refractivity contribution is 0.585. The number of hydrogen-bond donors (Lipinski definition) is 0. The Morgan fingerprint density at radius 2 is 1.80 bits per heavy atom. The minimum absolute atomic E-state index is 0.0342. The van der Waals surface area contributed by atoms with Crippen molar-refractivity contribution in [2.45, 2.75) is 39.0 Å². The molecule has 0 aromatic heterocycles. The van der Waals surface area contributed by atoms with Gasteiger partial charge in [-0.2, -0.15) is 0 Å². The van der Waals surface area contributed by atoms with Crippen LogP contribution in [0.2, 0.25) is 0 Å². The van der Waals surface area contributed by atoms with Gasteiger partial charge >= 0.3 is 0 Å². The molecule has 0 spiro atoms. The molecule has 1 aromatic rings. The number of aryl methyl sites for hydroxylation is 2. The van der Waals surface area contributed by atoms with Crippen LogP contribution in [-0.4, -0.2) is 0 Å². The third kappa shape index (κ3) is 1.32. The van der Waals surface area contributed by atoms with E-state index in [0.29, 0.717) is 5.92 Å². The van der Waals surface area contributed by atoms with Crippen LogP contribution in [0.3, 0.4) is 0 Å². The van der Waals surface area contributed by atoms with Gasteiger partial charge in [-0.25, -0.2) is 4.39 Å². The average Bonchev–Trinajstić information content (AvgIpc) is 2.63. The fraction of sp³-hybridized carbons (Fsp3) is 0.571. The maximum absolute atomic E-state index is 13.9. The molecule has 2 aliphatic carbocycles. The van der Waals surface area contributed by atoms with Crippen LogP contribution in [0.1, 0.15) is 41.9 Å². The van der Waals surface area contributed by atoms with E-state index in [1.807, 2.05) is 6.92 Å². The summed E-state index contributed by atoms with van der Waals surface area (Å²) in [7, 11) is 0. The minimum Gasteiger partial charge on any atom is -0.207 e. The Labute approximate surface area is 90.5 Å². The molecule has 1 heteroatoms. The average molecular weight is 204 g/mol. The first kappa shape index (κ1) is 9.38. The lowest BCUT2D eigenvalue weighted by Crippen LogP contribution is -1.97. The molecule has 15 heavy (non-hydrogen) atoms. The van der Waals surface area contributed by atoms with Gasteiger partial charge < -0.3 is 0 Å². The summed E-state index contributed by atoms with van der Waals surface area (Å²) in [4.78, 5) is 0. The Balaban J connectivity index is 1.99. The van der Waals surface area contributed by atoms with Crippen LogP contribution >= 0.6 is 0 Å². The van der Waals surface area contributed by atoms with E-state index in [2.05, 4.69) is 13.0 Å². The second-order valence-corrected chi connectivity index (χ2v) is 5.26. The smallest absolute Gasteiger partial charge is 0.127 e. The van der Waals surface area contributed by atoms with Gasteiger partial charge in [0.25, 0.3) is 0 Å². The highest BCUT2D eigenvalue weighted by molar-refractivity contribution is 5.39. The lowest BCUT2D eigenvalue weighted by Gasteiger charge is -2.10. The molecule has 2 unspecified atom stereocenters. The van der Waals surface area contributed by atoms with Gasteiger partial charge in [0, 0.05) is 0 Å². The topological polar surface area (TPSA) is 0 Å². The van der Waals surface area contributed by atoms with Gasteiger partial charge in [-0.3, -0.25) is 0 Å². The van der Waals surface area contributed by atoms with Crippen molar-refractivity contribution in [1.29, 1.82) is 0 Å². The number of rotatable bonds is 1. The van der Waals surface area contributed by atoms with Gasteiger partial charge in [0.2, 0.25) is 0 Å². The summed E-state index contributed by atoms with van der Waals surface area (Å²) in [6, 6.07) is 3.81. The van der Waals surface area contributed by atoms with E-state index in [-0.39, 0.29) is 5.82 Å². The van der Waals surface area contributed by atoms with Crippen molar-refractivity contribution >= 4 is 0 Å². The number of halogens is 1. The minimum atomic E-state index is 0.0342. The van der Waals surface area contributed by atoms with E-state index in [0.717, 1.165) is 28.5 Å². The van der Waals surface area contributed by atoms with Gasteiger partial charge in [-0.1, -0.05) is 12.5 Å². The summed E-state index contributed by atoms with van der Waals surface area (Å²) < 4.78 is 13.9. The molecule has 0 amide bonds. The molecule has 1 aromatic carbocycles. The summed E-state index contributed by atoms with van der Waals surface area (Å²) in [5.41, 5.74) is 3.22. The zero-order valence-electron chi connectivity index (χ0n) is 9.39. The Morgan fingerprint density at radius 1 is 1.13 bits per heavy atom. The van der Waals surface area contributed by atoms with Gasteiger partial charge in [-0.15, -0.1) is 0 Å². The molecular formula is C14H17F. The van der Waals surface area contributed by atoms with E-state index >= 15 is 0 Å². The second kappa shape index (κ2) is 3.07. The first-order valence-corrected chi connectivity index (χ1v) is 5.95. The van der Waals surface area contributed by atoms with Crippen molar-refractivity contribution in [1.82, 2.24) is 0 Å².